The summed E-state index contributed by atoms with van der Waals surface area (Å²) in [5.74, 6) is 0.0666. The van der Waals surface area contributed by atoms with E-state index in [4.69, 9.17) is 0 Å². The molecule has 0 unspecified atom stereocenters. The van der Waals surface area contributed by atoms with Gasteiger partial charge in [0, 0.05) is 17.8 Å². The maximum Gasteiger partial charge on any atom is 0.220 e. The summed E-state index contributed by atoms with van der Waals surface area (Å²) in [5.41, 5.74) is 3.16. The van der Waals surface area contributed by atoms with Crippen molar-refractivity contribution >= 4 is 17.2 Å². The van der Waals surface area contributed by atoms with E-state index in [1.165, 1.54) is 10.4 Å². The third kappa shape index (κ3) is 4.69. The van der Waals surface area contributed by atoms with E-state index in [0.29, 0.717) is 13.0 Å². The van der Waals surface area contributed by atoms with Crippen LogP contribution in [0.5, 0.6) is 0 Å². The van der Waals surface area contributed by atoms with Crippen molar-refractivity contribution in [2.24, 2.45) is 0 Å². The Morgan fingerprint density at radius 1 is 1.24 bits per heavy atom. The molecule has 0 aliphatic carbocycles. The largest absolute Gasteiger partial charge is 0.392 e. The molecule has 0 aliphatic heterocycles. The average Bonchev–Trinajstić information content (AvgIpc) is 2.91. The zero-order valence-corrected chi connectivity index (χ0v) is 13.1. The minimum absolute atomic E-state index is 0.00367. The highest BCUT2D eigenvalue weighted by molar-refractivity contribution is 7.10. The summed E-state index contributed by atoms with van der Waals surface area (Å²) in [6.45, 7) is 2.59. The van der Waals surface area contributed by atoms with Gasteiger partial charge in [-0.2, -0.15) is 0 Å². The first kappa shape index (κ1) is 15.7. The van der Waals surface area contributed by atoms with Gasteiger partial charge in [-0.15, -0.1) is 11.3 Å². The van der Waals surface area contributed by atoms with Crippen molar-refractivity contribution in [3.05, 3.63) is 57.3 Å². The lowest BCUT2D eigenvalue weighted by molar-refractivity contribution is -0.121. The Bertz CT molecular complexity index is 592. The van der Waals surface area contributed by atoms with E-state index in [9.17, 15) is 9.90 Å². The Balaban J connectivity index is 1.74. The molecule has 4 heteroatoms. The molecule has 2 rings (SSSR count). The number of thiophene rings is 1. The van der Waals surface area contributed by atoms with E-state index < -0.39 is 0 Å². The minimum atomic E-state index is 0.00367. The van der Waals surface area contributed by atoms with Gasteiger partial charge in [0.1, 0.15) is 0 Å². The summed E-state index contributed by atoms with van der Waals surface area (Å²) in [6.07, 6.45) is 2.37. The number of aliphatic hydroxyl groups is 1. The Labute approximate surface area is 129 Å². The number of hydrogen-bond acceptors (Lipinski definition) is 3. The van der Waals surface area contributed by atoms with Crippen LogP contribution in [0.25, 0.3) is 0 Å². The van der Waals surface area contributed by atoms with Crippen LogP contribution in [0.1, 0.15) is 34.4 Å². The van der Waals surface area contributed by atoms with Crippen LogP contribution < -0.4 is 5.32 Å². The van der Waals surface area contributed by atoms with Crippen molar-refractivity contribution in [3.8, 4) is 0 Å². The first-order valence-corrected chi connectivity index (χ1v) is 8.06. The number of rotatable bonds is 7. The molecule has 2 aromatic rings. The molecule has 1 heterocycles. The predicted octanol–water partition coefficient (Wildman–Crippen LogP) is 3.19. The first-order valence-electron chi connectivity index (χ1n) is 7.18. The number of aliphatic hydroxyl groups excluding tert-OH is 1. The quantitative estimate of drug-likeness (QED) is 0.825. The summed E-state index contributed by atoms with van der Waals surface area (Å²) in [4.78, 5) is 13.2. The second-order valence-electron chi connectivity index (χ2n) is 5.08. The standard InChI is InChI=1S/C17H21NO2S/c1-13-9-10-21-16(13)7-4-8-17(20)18-11-14-5-2-3-6-15(14)12-19/h2-3,5-6,9-10,19H,4,7-8,11-12H2,1H3,(H,18,20). The third-order valence-corrected chi connectivity index (χ3v) is 4.62. The number of nitrogens with one attached hydrogen (secondary N) is 1. The van der Waals surface area contributed by atoms with Crippen molar-refractivity contribution < 1.29 is 9.90 Å². The molecule has 0 spiro atoms. The number of carbonyl (C=O) groups is 1. The molecular weight excluding hydrogens is 282 g/mol. The molecule has 0 atom stereocenters. The Kier molecular flexibility index (Phi) is 5.96. The van der Waals surface area contributed by atoms with Gasteiger partial charge in [-0.3, -0.25) is 4.79 Å². The smallest absolute Gasteiger partial charge is 0.220 e. The van der Waals surface area contributed by atoms with Crippen molar-refractivity contribution in [1.82, 2.24) is 5.32 Å². The highest BCUT2D eigenvalue weighted by Crippen LogP contribution is 2.18. The molecule has 3 nitrogen and oxygen atoms in total. The van der Waals surface area contributed by atoms with Crippen LogP contribution >= 0.6 is 11.3 Å². The van der Waals surface area contributed by atoms with Gasteiger partial charge < -0.3 is 10.4 Å². The van der Waals surface area contributed by atoms with Crippen LogP contribution in [-0.2, 0) is 24.4 Å². The van der Waals surface area contributed by atoms with E-state index in [-0.39, 0.29) is 12.5 Å². The Morgan fingerprint density at radius 3 is 2.67 bits per heavy atom. The van der Waals surface area contributed by atoms with Crippen molar-refractivity contribution in [2.75, 3.05) is 0 Å². The van der Waals surface area contributed by atoms with Crippen molar-refractivity contribution in [1.29, 1.82) is 0 Å². The zero-order chi connectivity index (χ0) is 15.1. The lowest BCUT2D eigenvalue weighted by Gasteiger charge is -2.09. The Hall–Kier alpha value is -1.65. The van der Waals surface area contributed by atoms with Gasteiger partial charge in [0.15, 0.2) is 0 Å². The molecule has 2 N–H and O–H groups in total. The highest BCUT2D eigenvalue weighted by atomic mass is 32.1. The monoisotopic (exact) mass is 303 g/mol. The zero-order valence-electron chi connectivity index (χ0n) is 12.3. The van der Waals surface area contributed by atoms with Crippen LogP contribution in [-0.4, -0.2) is 11.0 Å². The number of amides is 1. The summed E-state index contributed by atoms with van der Waals surface area (Å²) in [5, 5.41) is 14.3. The van der Waals surface area contributed by atoms with Gasteiger partial charge in [-0.05, 0) is 47.9 Å². The fourth-order valence-corrected chi connectivity index (χ4v) is 3.19. The minimum Gasteiger partial charge on any atom is -0.392 e. The molecule has 0 saturated heterocycles. The fourth-order valence-electron chi connectivity index (χ4n) is 2.24. The molecule has 0 saturated carbocycles. The maximum atomic E-state index is 11.9. The van der Waals surface area contributed by atoms with Gasteiger partial charge in [0.25, 0.3) is 0 Å². The van der Waals surface area contributed by atoms with E-state index >= 15 is 0 Å². The van der Waals surface area contributed by atoms with Gasteiger partial charge in [-0.1, -0.05) is 24.3 Å². The molecule has 0 fully saturated rings. The van der Waals surface area contributed by atoms with Crippen LogP contribution in [0.3, 0.4) is 0 Å². The summed E-state index contributed by atoms with van der Waals surface area (Å²) in [7, 11) is 0. The van der Waals surface area contributed by atoms with Gasteiger partial charge in [-0.25, -0.2) is 0 Å². The first-order chi connectivity index (χ1) is 10.2. The number of benzene rings is 1. The van der Waals surface area contributed by atoms with E-state index in [1.54, 1.807) is 11.3 Å². The summed E-state index contributed by atoms with van der Waals surface area (Å²) < 4.78 is 0. The lowest BCUT2D eigenvalue weighted by Crippen LogP contribution is -2.23. The molecule has 0 radical (unpaired) electrons. The number of aryl methyl sites for hydroxylation is 2. The van der Waals surface area contributed by atoms with E-state index in [0.717, 1.165) is 24.0 Å². The summed E-state index contributed by atoms with van der Waals surface area (Å²) in [6, 6.07) is 9.73. The normalized spacial score (nSPS) is 10.6. The molecule has 1 aromatic carbocycles. The maximum absolute atomic E-state index is 11.9. The lowest BCUT2D eigenvalue weighted by atomic mass is 10.1. The molecule has 0 bridgehead atoms. The second kappa shape index (κ2) is 7.96. The second-order valence-corrected chi connectivity index (χ2v) is 6.08. The molecular formula is C17H21NO2S. The average molecular weight is 303 g/mol. The number of carbonyl (C=O) groups excluding carboxylic acids is 1. The van der Waals surface area contributed by atoms with Gasteiger partial charge in [0.05, 0.1) is 6.61 Å². The van der Waals surface area contributed by atoms with Crippen molar-refractivity contribution in [3.63, 3.8) is 0 Å². The van der Waals surface area contributed by atoms with E-state index in [1.807, 2.05) is 24.3 Å². The molecule has 112 valence electrons. The molecule has 21 heavy (non-hydrogen) atoms. The summed E-state index contributed by atoms with van der Waals surface area (Å²) >= 11 is 1.76. The van der Waals surface area contributed by atoms with Gasteiger partial charge >= 0.3 is 0 Å². The molecule has 0 aliphatic rings. The molecule has 1 aromatic heterocycles. The van der Waals surface area contributed by atoms with Gasteiger partial charge in [0.2, 0.25) is 5.91 Å². The van der Waals surface area contributed by atoms with Crippen LogP contribution in [0.2, 0.25) is 0 Å². The SMILES string of the molecule is Cc1ccsc1CCCC(=O)NCc1ccccc1CO. The van der Waals surface area contributed by atoms with Crippen LogP contribution in [0, 0.1) is 6.92 Å². The molecule has 1 amide bonds. The van der Waals surface area contributed by atoms with Crippen molar-refractivity contribution in [2.45, 2.75) is 39.3 Å². The van der Waals surface area contributed by atoms with E-state index in [2.05, 4.69) is 23.7 Å². The topological polar surface area (TPSA) is 49.3 Å². The fraction of sp³-hybridized carbons (Fsp3) is 0.353. The predicted molar refractivity (Wildman–Crippen MR) is 86.2 cm³/mol. The van der Waals surface area contributed by atoms with Crippen LogP contribution in [0.15, 0.2) is 35.7 Å². The Morgan fingerprint density at radius 2 is 2.00 bits per heavy atom. The third-order valence-electron chi connectivity index (χ3n) is 3.54. The van der Waals surface area contributed by atoms with Crippen LogP contribution in [0.4, 0.5) is 0 Å². The highest BCUT2D eigenvalue weighted by Gasteiger charge is 2.06. The number of hydrogen-bond donors (Lipinski definition) is 2.